The van der Waals surface area contributed by atoms with Crippen LogP contribution < -0.4 is 5.32 Å². The van der Waals surface area contributed by atoms with Gasteiger partial charge in [0, 0.05) is 10.5 Å². The van der Waals surface area contributed by atoms with E-state index in [0.29, 0.717) is 10.0 Å². The van der Waals surface area contributed by atoms with Gasteiger partial charge in [-0.05, 0) is 36.4 Å². The minimum atomic E-state index is -4.69. The number of aromatic nitrogens is 2. The Morgan fingerprint density at radius 1 is 1.11 bits per heavy atom. The second kappa shape index (κ2) is 8.11. The van der Waals surface area contributed by atoms with E-state index in [4.69, 9.17) is 0 Å². The van der Waals surface area contributed by atoms with Crippen LogP contribution in [0.5, 0.6) is 0 Å². The van der Waals surface area contributed by atoms with Crippen molar-refractivity contribution in [2.45, 2.75) is 19.9 Å². The lowest BCUT2D eigenvalue weighted by molar-refractivity contribution is 0.102. The Balaban J connectivity index is 1.78. The number of sulfone groups is 1. The van der Waals surface area contributed by atoms with Gasteiger partial charge in [0.2, 0.25) is 9.84 Å². The molecule has 0 spiro atoms. The molecule has 0 bridgehead atoms. The van der Waals surface area contributed by atoms with Gasteiger partial charge in [-0.2, -0.15) is 8.78 Å². The number of nitrogens with one attached hydrogen (secondary N) is 1. The van der Waals surface area contributed by atoms with Crippen molar-refractivity contribution in [3.05, 3.63) is 59.6 Å². The molecule has 1 amide bonds. The number of hydrogen-bond donors (Lipinski definition) is 1. The number of rotatable bonds is 6. The summed E-state index contributed by atoms with van der Waals surface area (Å²) in [7, 11) is -4.69. The van der Waals surface area contributed by atoms with E-state index in [-0.39, 0.29) is 5.56 Å². The highest BCUT2D eigenvalue weighted by Crippen LogP contribution is 2.34. The first-order valence-electron chi connectivity index (χ1n) is 7.34. The van der Waals surface area contributed by atoms with Gasteiger partial charge in [0.15, 0.2) is 4.34 Å². The molecule has 0 aliphatic rings. The first kappa shape index (κ1) is 19.4. The maximum absolute atomic E-state index is 12.6. The van der Waals surface area contributed by atoms with Crippen LogP contribution in [0.25, 0.3) is 0 Å². The highest BCUT2D eigenvalue weighted by Gasteiger charge is 2.26. The quantitative estimate of drug-likeness (QED) is 0.641. The van der Waals surface area contributed by atoms with E-state index in [1.807, 2.05) is 6.07 Å². The summed E-state index contributed by atoms with van der Waals surface area (Å²) in [6.45, 7) is 0. The molecular formula is C16H11F2N3O3S3. The number of para-hydroxylation sites is 1. The Labute approximate surface area is 161 Å². The molecule has 0 unspecified atom stereocenters. The highest BCUT2D eigenvalue weighted by atomic mass is 32.2. The molecule has 0 saturated heterocycles. The summed E-state index contributed by atoms with van der Waals surface area (Å²) in [5.74, 6) is -4.01. The van der Waals surface area contributed by atoms with Crippen LogP contribution in [-0.2, 0) is 9.84 Å². The summed E-state index contributed by atoms with van der Waals surface area (Å²) in [4.78, 5) is 12.6. The molecule has 0 saturated carbocycles. The number of benzene rings is 2. The molecule has 2 aromatic carbocycles. The topological polar surface area (TPSA) is 89.0 Å². The fourth-order valence-corrected chi connectivity index (χ4v) is 4.30. The number of nitrogens with zero attached hydrogens (tertiary/aromatic N) is 2. The zero-order valence-electron chi connectivity index (χ0n) is 13.4. The predicted octanol–water partition coefficient (Wildman–Crippen LogP) is 3.94. The van der Waals surface area contributed by atoms with Crippen molar-refractivity contribution in [1.82, 2.24) is 10.2 Å². The van der Waals surface area contributed by atoms with Crippen LogP contribution >= 0.6 is 23.1 Å². The van der Waals surface area contributed by atoms with E-state index in [2.05, 4.69) is 15.5 Å². The van der Waals surface area contributed by atoms with Crippen LogP contribution in [0.4, 0.5) is 14.5 Å². The van der Waals surface area contributed by atoms with Gasteiger partial charge in [-0.15, -0.1) is 10.2 Å². The van der Waals surface area contributed by atoms with Crippen LogP contribution in [0.1, 0.15) is 10.4 Å². The smallest absolute Gasteiger partial charge is 0.321 e. The van der Waals surface area contributed by atoms with Crippen molar-refractivity contribution in [3.63, 3.8) is 0 Å². The molecule has 0 fully saturated rings. The lowest BCUT2D eigenvalue weighted by Gasteiger charge is -2.10. The van der Waals surface area contributed by atoms with E-state index in [1.165, 1.54) is 35.2 Å². The Morgan fingerprint density at radius 2 is 1.81 bits per heavy atom. The third-order valence-corrected chi connectivity index (χ3v) is 6.60. The molecule has 27 heavy (non-hydrogen) atoms. The summed E-state index contributed by atoms with van der Waals surface area (Å²) < 4.78 is 48.7. The van der Waals surface area contributed by atoms with Crippen LogP contribution in [0.2, 0.25) is 0 Å². The number of amides is 1. The predicted molar refractivity (Wildman–Crippen MR) is 98.1 cm³/mol. The van der Waals surface area contributed by atoms with Crippen molar-refractivity contribution < 1.29 is 22.0 Å². The van der Waals surface area contributed by atoms with Gasteiger partial charge in [0.25, 0.3) is 5.91 Å². The van der Waals surface area contributed by atoms with E-state index in [9.17, 15) is 22.0 Å². The minimum absolute atomic E-state index is 0.138. The zero-order chi connectivity index (χ0) is 19.4. The summed E-state index contributed by atoms with van der Waals surface area (Å²) in [6, 6.07) is 11.4. The molecule has 1 aromatic heterocycles. The van der Waals surface area contributed by atoms with Gasteiger partial charge < -0.3 is 5.32 Å². The maximum Gasteiger partial charge on any atom is 0.341 e. The molecule has 11 heteroatoms. The number of alkyl halides is 2. The normalized spacial score (nSPS) is 11.5. The number of halogens is 2. The molecule has 0 aliphatic heterocycles. The Kier molecular flexibility index (Phi) is 5.82. The van der Waals surface area contributed by atoms with Gasteiger partial charge in [-0.1, -0.05) is 35.2 Å². The molecule has 0 radical (unpaired) electrons. The van der Waals surface area contributed by atoms with Crippen LogP contribution in [0.3, 0.4) is 0 Å². The van der Waals surface area contributed by atoms with Gasteiger partial charge in [0.1, 0.15) is 5.51 Å². The van der Waals surface area contributed by atoms with E-state index in [0.717, 1.165) is 17.0 Å². The van der Waals surface area contributed by atoms with Crippen LogP contribution in [0.15, 0.2) is 68.2 Å². The lowest BCUT2D eigenvalue weighted by Crippen LogP contribution is -2.14. The number of anilines is 1. The summed E-state index contributed by atoms with van der Waals surface area (Å²) in [5, 5.41) is 10.4. The van der Waals surface area contributed by atoms with Gasteiger partial charge >= 0.3 is 5.76 Å². The van der Waals surface area contributed by atoms with E-state index in [1.54, 1.807) is 23.7 Å². The van der Waals surface area contributed by atoms with Gasteiger partial charge in [-0.25, -0.2) is 8.42 Å². The maximum atomic E-state index is 12.6. The molecule has 3 aromatic rings. The van der Waals surface area contributed by atoms with Crippen molar-refractivity contribution in [2.24, 2.45) is 0 Å². The average molecular weight is 427 g/mol. The molecule has 6 nitrogen and oxygen atoms in total. The van der Waals surface area contributed by atoms with Gasteiger partial charge in [-0.3, -0.25) is 4.79 Å². The first-order valence-corrected chi connectivity index (χ1v) is 10.6. The third kappa shape index (κ3) is 4.49. The van der Waals surface area contributed by atoms with Gasteiger partial charge in [0.05, 0.1) is 10.6 Å². The number of hydrogen-bond acceptors (Lipinski definition) is 7. The largest absolute Gasteiger partial charge is 0.341 e. The fraction of sp³-hybridized carbons (Fsp3) is 0.0625. The third-order valence-electron chi connectivity index (χ3n) is 3.35. The monoisotopic (exact) mass is 427 g/mol. The lowest BCUT2D eigenvalue weighted by atomic mass is 10.2. The zero-order valence-corrected chi connectivity index (χ0v) is 15.8. The Hall–Kier alpha value is -2.37. The summed E-state index contributed by atoms with van der Waals surface area (Å²) >= 11 is 2.69. The molecule has 3 rings (SSSR count). The first-order chi connectivity index (χ1) is 12.9. The molecule has 140 valence electrons. The fourth-order valence-electron chi connectivity index (χ4n) is 2.05. The number of carbonyl (C=O) groups is 1. The van der Waals surface area contributed by atoms with Crippen molar-refractivity contribution in [2.75, 3.05) is 5.32 Å². The Bertz CT molecular complexity index is 1040. The Morgan fingerprint density at radius 3 is 2.44 bits per heavy atom. The minimum Gasteiger partial charge on any atom is -0.321 e. The second-order valence-electron chi connectivity index (χ2n) is 5.09. The molecule has 1 N–H and O–H groups in total. The summed E-state index contributed by atoms with van der Waals surface area (Å²) in [6.07, 6.45) is 0. The van der Waals surface area contributed by atoms with Crippen molar-refractivity contribution in [3.8, 4) is 0 Å². The number of carbonyl (C=O) groups excluding carboxylic acids is 1. The van der Waals surface area contributed by atoms with E-state index >= 15 is 0 Å². The van der Waals surface area contributed by atoms with E-state index < -0.39 is 26.4 Å². The second-order valence-corrected chi connectivity index (χ2v) is 9.13. The highest BCUT2D eigenvalue weighted by molar-refractivity contribution is 8.01. The van der Waals surface area contributed by atoms with Crippen molar-refractivity contribution in [1.29, 1.82) is 0 Å². The van der Waals surface area contributed by atoms with Crippen LogP contribution in [-0.4, -0.2) is 30.3 Å². The molecule has 0 aliphatic carbocycles. The molecule has 1 heterocycles. The van der Waals surface area contributed by atoms with Crippen LogP contribution in [0, 0.1) is 0 Å². The summed E-state index contributed by atoms with van der Waals surface area (Å²) in [5.41, 5.74) is 2.27. The average Bonchev–Trinajstić information content (AvgIpc) is 3.16. The molecule has 0 atom stereocenters. The van der Waals surface area contributed by atoms with Crippen molar-refractivity contribution >= 4 is 44.5 Å². The molecular weight excluding hydrogens is 416 g/mol. The SMILES string of the molecule is O=C(Nc1ccccc1Sc1nncs1)c1ccc(S(=O)(=O)C(F)F)cc1. The standard InChI is InChI=1S/C16H11F2N3O3S3/c17-15(18)27(23,24)11-7-5-10(6-8-11)14(22)20-12-3-1-2-4-13(12)26-16-21-19-9-25-16/h1-9,15H,(H,20,22).